The lowest BCUT2D eigenvalue weighted by atomic mass is 10.1. The van der Waals surface area contributed by atoms with Gasteiger partial charge >= 0.3 is 10.2 Å². The minimum Gasteiger partial charge on any atom is -0.495 e. The number of rotatable bonds is 7. The number of ether oxygens (including phenoxy) is 1. The van der Waals surface area contributed by atoms with Crippen LogP contribution >= 0.6 is 12.2 Å². The van der Waals surface area contributed by atoms with E-state index >= 15 is 0 Å². The fourth-order valence-electron chi connectivity index (χ4n) is 1.77. The highest BCUT2D eigenvalue weighted by Crippen LogP contribution is 2.29. The van der Waals surface area contributed by atoms with Gasteiger partial charge in [-0.1, -0.05) is 32.1 Å². The van der Waals surface area contributed by atoms with Gasteiger partial charge in [0.25, 0.3) is 0 Å². The molecular weight excluding hydrogens is 298 g/mol. The molecule has 0 spiro atoms. The fraction of sp³-hybridized carbons (Fsp3) is 0.417. The van der Waals surface area contributed by atoms with E-state index in [1.807, 2.05) is 0 Å². The number of anilines is 1. The van der Waals surface area contributed by atoms with E-state index in [0.717, 1.165) is 0 Å². The van der Waals surface area contributed by atoms with Crippen molar-refractivity contribution < 1.29 is 13.2 Å². The van der Waals surface area contributed by atoms with E-state index in [9.17, 15) is 8.42 Å². The van der Waals surface area contributed by atoms with Crippen LogP contribution in [0.25, 0.3) is 0 Å². The lowest BCUT2D eigenvalue weighted by Gasteiger charge is -2.21. The second-order valence-corrected chi connectivity index (χ2v) is 6.05. The van der Waals surface area contributed by atoms with Gasteiger partial charge in [0, 0.05) is 18.7 Å². The molecule has 0 fully saturated rings. The molecule has 1 aromatic carbocycles. The first kappa shape index (κ1) is 16.7. The molecule has 0 aliphatic heterocycles. The van der Waals surface area contributed by atoms with Gasteiger partial charge in [0.15, 0.2) is 0 Å². The van der Waals surface area contributed by atoms with Crippen molar-refractivity contribution in [2.24, 2.45) is 5.73 Å². The largest absolute Gasteiger partial charge is 0.495 e. The van der Waals surface area contributed by atoms with Crippen LogP contribution in [0, 0.1) is 0 Å². The molecule has 112 valence electrons. The van der Waals surface area contributed by atoms with Crippen molar-refractivity contribution in [3.05, 3.63) is 23.8 Å². The molecule has 3 N–H and O–H groups in total. The van der Waals surface area contributed by atoms with Gasteiger partial charge in [0.05, 0.1) is 7.11 Å². The molecule has 20 heavy (non-hydrogen) atoms. The first-order chi connectivity index (χ1) is 9.37. The fourth-order valence-corrected chi connectivity index (χ4v) is 3.22. The van der Waals surface area contributed by atoms with Gasteiger partial charge < -0.3 is 10.5 Å². The number of thiocarbonyl (C=S) groups is 1. The number of nitrogens with one attached hydrogen (secondary N) is 1. The average molecular weight is 317 g/mol. The Morgan fingerprint density at radius 2 is 2.00 bits per heavy atom. The molecule has 0 saturated heterocycles. The van der Waals surface area contributed by atoms with Crippen LogP contribution in [0.5, 0.6) is 5.75 Å². The number of methoxy groups -OCH3 is 1. The highest BCUT2D eigenvalue weighted by Gasteiger charge is 2.22. The Hall–Kier alpha value is -1.38. The van der Waals surface area contributed by atoms with Crippen molar-refractivity contribution in [1.82, 2.24) is 4.31 Å². The Morgan fingerprint density at radius 3 is 2.45 bits per heavy atom. The summed E-state index contributed by atoms with van der Waals surface area (Å²) in [6.45, 7) is 4.26. The number of para-hydroxylation sites is 1. The molecule has 6 nitrogen and oxygen atoms in total. The average Bonchev–Trinajstić information content (AvgIpc) is 2.39. The van der Waals surface area contributed by atoms with Crippen LogP contribution in [0.15, 0.2) is 18.2 Å². The molecule has 0 aliphatic rings. The number of nitrogens with two attached hydrogens (primary N) is 1. The van der Waals surface area contributed by atoms with Gasteiger partial charge in [0.2, 0.25) is 0 Å². The molecule has 0 heterocycles. The predicted octanol–water partition coefficient (Wildman–Crippen LogP) is 1.33. The third-order valence-electron chi connectivity index (χ3n) is 2.79. The van der Waals surface area contributed by atoms with E-state index in [2.05, 4.69) is 4.72 Å². The van der Waals surface area contributed by atoms with Gasteiger partial charge in [-0.15, -0.1) is 0 Å². The molecule has 0 aliphatic carbocycles. The van der Waals surface area contributed by atoms with Crippen LogP contribution in [0.1, 0.15) is 19.4 Å². The van der Waals surface area contributed by atoms with Gasteiger partial charge in [-0.25, -0.2) is 0 Å². The topological polar surface area (TPSA) is 84.7 Å². The second-order valence-electron chi connectivity index (χ2n) is 3.94. The van der Waals surface area contributed by atoms with E-state index in [0.29, 0.717) is 24.4 Å². The van der Waals surface area contributed by atoms with Crippen LogP contribution in [-0.2, 0) is 10.2 Å². The second kappa shape index (κ2) is 6.87. The van der Waals surface area contributed by atoms with Gasteiger partial charge in [-0.05, 0) is 12.1 Å². The summed E-state index contributed by atoms with van der Waals surface area (Å²) < 4.78 is 33.5. The normalized spacial score (nSPS) is 11.4. The zero-order chi connectivity index (χ0) is 15.3. The van der Waals surface area contributed by atoms with Crippen molar-refractivity contribution in [2.75, 3.05) is 24.9 Å². The Morgan fingerprint density at radius 1 is 1.40 bits per heavy atom. The minimum absolute atomic E-state index is 0.0983. The minimum atomic E-state index is -3.68. The van der Waals surface area contributed by atoms with Crippen molar-refractivity contribution in [1.29, 1.82) is 0 Å². The van der Waals surface area contributed by atoms with E-state index in [1.165, 1.54) is 11.4 Å². The Kier molecular flexibility index (Phi) is 5.73. The van der Waals surface area contributed by atoms with Gasteiger partial charge in [0.1, 0.15) is 16.4 Å². The van der Waals surface area contributed by atoms with Crippen molar-refractivity contribution >= 4 is 33.1 Å². The lowest BCUT2D eigenvalue weighted by molar-refractivity contribution is 0.416. The van der Waals surface area contributed by atoms with Crippen LogP contribution in [-0.4, -0.2) is 37.9 Å². The van der Waals surface area contributed by atoms with Crippen molar-refractivity contribution in [2.45, 2.75) is 13.8 Å². The summed E-state index contributed by atoms with van der Waals surface area (Å²) in [6, 6.07) is 4.98. The quantitative estimate of drug-likeness (QED) is 0.741. The third kappa shape index (κ3) is 3.59. The Labute approximate surface area is 125 Å². The summed E-state index contributed by atoms with van der Waals surface area (Å²) in [6.07, 6.45) is 0. The summed E-state index contributed by atoms with van der Waals surface area (Å²) in [5, 5.41) is 0. The first-order valence-corrected chi connectivity index (χ1v) is 7.96. The molecule has 1 aromatic rings. The van der Waals surface area contributed by atoms with Crippen LogP contribution in [0.3, 0.4) is 0 Å². The molecule has 0 unspecified atom stereocenters. The highest BCUT2D eigenvalue weighted by molar-refractivity contribution is 7.90. The monoisotopic (exact) mass is 317 g/mol. The number of benzene rings is 1. The van der Waals surface area contributed by atoms with Crippen LogP contribution < -0.4 is 15.2 Å². The van der Waals surface area contributed by atoms with Crippen LogP contribution in [0.4, 0.5) is 5.69 Å². The third-order valence-corrected chi connectivity index (χ3v) is 4.67. The summed E-state index contributed by atoms with van der Waals surface area (Å²) in [4.78, 5) is 0.0983. The molecule has 0 amide bonds. The summed E-state index contributed by atoms with van der Waals surface area (Å²) in [5.74, 6) is 0.367. The van der Waals surface area contributed by atoms with E-state index in [1.54, 1.807) is 32.0 Å². The molecular formula is C12H19N3O3S2. The Balaban J connectivity index is 3.29. The maximum Gasteiger partial charge on any atom is 0.301 e. The zero-order valence-electron chi connectivity index (χ0n) is 11.7. The molecule has 0 aromatic heterocycles. The van der Waals surface area contributed by atoms with Crippen molar-refractivity contribution in [3.8, 4) is 5.75 Å². The van der Waals surface area contributed by atoms with Crippen LogP contribution in [0.2, 0.25) is 0 Å². The summed E-state index contributed by atoms with van der Waals surface area (Å²) >= 11 is 4.94. The first-order valence-electron chi connectivity index (χ1n) is 6.12. The molecule has 8 heteroatoms. The molecule has 0 radical (unpaired) electrons. The van der Waals surface area contributed by atoms with Crippen molar-refractivity contribution in [3.63, 3.8) is 0 Å². The maximum atomic E-state index is 12.3. The smallest absolute Gasteiger partial charge is 0.301 e. The van der Waals surface area contributed by atoms with Gasteiger partial charge in [-0.2, -0.15) is 12.7 Å². The summed E-state index contributed by atoms with van der Waals surface area (Å²) in [7, 11) is -2.22. The van der Waals surface area contributed by atoms with E-state index in [-0.39, 0.29) is 10.7 Å². The Bertz CT molecular complexity index is 584. The molecule has 1 rings (SSSR count). The van der Waals surface area contributed by atoms with E-state index in [4.69, 9.17) is 22.7 Å². The lowest BCUT2D eigenvalue weighted by Crippen LogP contribution is -2.36. The summed E-state index contributed by atoms with van der Waals surface area (Å²) in [5.41, 5.74) is 6.31. The zero-order valence-corrected chi connectivity index (χ0v) is 13.3. The van der Waals surface area contributed by atoms with E-state index < -0.39 is 10.2 Å². The standard InChI is InChI=1S/C12H19N3O3S2/c1-4-15(5-2)20(16,17)14-11-9(12(13)19)7-6-8-10(11)18-3/h6-8,14H,4-5H2,1-3H3,(H2,13,19). The predicted molar refractivity (Wildman–Crippen MR) is 84.3 cm³/mol. The maximum absolute atomic E-state index is 12.3. The number of hydrogen-bond donors (Lipinski definition) is 2. The van der Waals surface area contributed by atoms with Gasteiger partial charge in [-0.3, -0.25) is 4.72 Å². The number of nitrogens with zero attached hydrogens (tertiary/aromatic N) is 1. The molecule has 0 atom stereocenters. The SMILES string of the molecule is CCN(CC)S(=O)(=O)Nc1c(OC)cccc1C(N)=S. The highest BCUT2D eigenvalue weighted by atomic mass is 32.2. The molecule has 0 saturated carbocycles. The number of hydrogen-bond acceptors (Lipinski definition) is 4. The molecule has 0 bridgehead atoms.